The lowest BCUT2D eigenvalue weighted by atomic mass is 10.2. The number of hydrogen-bond acceptors (Lipinski definition) is 5. The predicted octanol–water partition coefficient (Wildman–Crippen LogP) is 1.79. The molecule has 1 amide bonds. The summed E-state index contributed by atoms with van der Waals surface area (Å²) >= 11 is 0. The lowest BCUT2D eigenvalue weighted by molar-refractivity contribution is 0.0950. The monoisotopic (exact) mass is 323 g/mol. The second-order valence-corrected chi connectivity index (χ2v) is 5.12. The normalized spacial score (nSPS) is 10.4. The van der Waals surface area contributed by atoms with E-state index in [0.29, 0.717) is 17.9 Å². The van der Waals surface area contributed by atoms with Gasteiger partial charge < -0.3 is 15.8 Å². The number of methoxy groups -OCH3 is 1. The lowest BCUT2D eigenvalue weighted by Crippen LogP contribution is -2.22. The number of nitrogen functional groups attached to an aromatic ring is 1. The van der Waals surface area contributed by atoms with Gasteiger partial charge in [-0.25, -0.2) is 9.67 Å². The molecule has 0 bridgehead atoms. The Bertz CT molecular complexity index is 842. The smallest absolute Gasteiger partial charge is 0.253 e. The Morgan fingerprint density at radius 3 is 2.83 bits per heavy atom. The molecule has 7 nitrogen and oxygen atoms in total. The molecule has 24 heavy (non-hydrogen) atoms. The van der Waals surface area contributed by atoms with Gasteiger partial charge in [-0.15, -0.1) is 0 Å². The van der Waals surface area contributed by atoms with Gasteiger partial charge in [-0.05, 0) is 24.3 Å². The first kappa shape index (κ1) is 15.5. The van der Waals surface area contributed by atoms with E-state index in [1.165, 1.54) is 6.20 Å². The molecule has 0 aliphatic heterocycles. The first-order chi connectivity index (χ1) is 11.7. The van der Waals surface area contributed by atoms with E-state index in [0.717, 1.165) is 17.0 Å². The number of carbonyl (C=O) groups is 1. The lowest BCUT2D eigenvalue weighted by Gasteiger charge is -2.07. The van der Waals surface area contributed by atoms with Crippen molar-refractivity contribution in [3.63, 3.8) is 0 Å². The fraction of sp³-hybridized carbons (Fsp3) is 0.118. The predicted molar refractivity (Wildman–Crippen MR) is 89.9 cm³/mol. The minimum atomic E-state index is -0.215. The van der Waals surface area contributed by atoms with Crippen LogP contribution in [0.5, 0.6) is 5.75 Å². The van der Waals surface area contributed by atoms with E-state index >= 15 is 0 Å². The van der Waals surface area contributed by atoms with Crippen LogP contribution in [0.4, 0.5) is 5.82 Å². The highest BCUT2D eigenvalue weighted by atomic mass is 16.5. The van der Waals surface area contributed by atoms with E-state index in [4.69, 9.17) is 10.5 Å². The van der Waals surface area contributed by atoms with Gasteiger partial charge in [0.2, 0.25) is 0 Å². The minimum Gasteiger partial charge on any atom is -0.494 e. The summed E-state index contributed by atoms with van der Waals surface area (Å²) in [5.41, 5.74) is 7.68. The van der Waals surface area contributed by atoms with Crippen molar-refractivity contribution in [2.75, 3.05) is 12.8 Å². The average molecular weight is 323 g/mol. The van der Waals surface area contributed by atoms with Crippen LogP contribution in [-0.2, 0) is 6.54 Å². The third-order valence-corrected chi connectivity index (χ3v) is 3.47. The van der Waals surface area contributed by atoms with Gasteiger partial charge in [0.05, 0.1) is 18.9 Å². The van der Waals surface area contributed by atoms with Crippen molar-refractivity contribution in [1.29, 1.82) is 0 Å². The van der Waals surface area contributed by atoms with Crippen LogP contribution in [0.15, 0.2) is 55.0 Å². The number of rotatable bonds is 5. The maximum atomic E-state index is 12.1. The first-order valence-electron chi connectivity index (χ1n) is 7.34. The number of hydrogen-bond donors (Lipinski definition) is 2. The van der Waals surface area contributed by atoms with Crippen molar-refractivity contribution < 1.29 is 9.53 Å². The second kappa shape index (κ2) is 6.82. The highest BCUT2D eigenvalue weighted by Gasteiger charge is 2.09. The van der Waals surface area contributed by atoms with Crippen molar-refractivity contribution >= 4 is 11.7 Å². The molecule has 2 aromatic heterocycles. The van der Waals surface area contributed by atoms with Crippen LogP contribution >= 0.6 is 0 Å². The van der Waals surface area contributed by atoms with Gasteiger partial charge in [0, 0.05) is 24.5 Å². The van der Waals surface area contributed by atoms with Crippen LogP contribution in [0, 0.1) is 0 Å². The number of carbonyl (C=O) groups excluding carboxylic acids is 1. The number of aromatic nitrogens is 3. The number of para-hydroxylation sites is 2. The van der Waals surface area contributed by atoms with Crippen molar-refractivity contribution in [3.8, 4) is 11.4 Å². The van der Waals surface area contributed by atoms with E-state index in [9.17, 15) is 4.79 Å². The van der Waals surface area contributed by atoms with E-state index in [2.05, 4.69) is 15.4 Å². The number of ether oxygens (including phenoxy) is 1. The number of anilines is 1. The molecule has 0 aliphatic carbocycles. The van der Waals surface area contributed by atoms with Crippen molar-refractivity contribution in [1.82, 2.24) is 20.1 Å². The summed E-state index contributed by atoms with van der Waals surface area (Å²) in [6, 6.07) is 10.8. The highest BCUT2D eigenvalue weighted by molar-refractivity contribution is 5.93. The van der Waals surface area contributed by atoms with Crippen LogP contribution in [0.3, 0.4) is 0 Å². The second-order valence-electron chi connectivity index (χ2n) is 5.12. The molecule has 0 saturated carbocycles. The summed E-state index contributed by atoms with van der Waals surface area (Å²) in [6.07, 6.45) is 5.00. The summed E-state index contributed by atoms with van der Waals surface area (Å²) < 4.78 is 7.04. The SMILES string of the molecule is COc1ccccc1-n1cc(CNC(=O)c2ccc(N)nc2)cn1. The van der Waals surface area contributed by atoms with Gasteiger partial charge in [-0.1, -0.05) is 12.1 Å². The van der Waals surface area contributed by atoms with E-state index in [1.807, 2.05) is 30.5 Å². The minimum absolute atomic E-state index is 0.215. The van der Waals surface area contributed by atoms with Gasteiger partial charge in [0.15, 0.2) is 0 Å². The fourth-order valence-electron chi connectivity index (χ4n) is 2.23. The van der Waals surface area contributed by atoms with Gasteiger partial charge in [-0.3, -0.25) is 4.79 Å². The van der Waals surface area contributed by atoms with E-state index in [-0.39, 0.29) is 5.91 Å². The molecule has 2 heterocycles. The van der Waals surface area contributed by atoms with Crippen LogP contribution in [0.1, 0.15) is 15.9 Å². The van der Waals surface area contributed by atoms with Gasteiger partial charge in [0.1, 0.15) is 17.3 Å². The van der Waals surface area contributed by atoms with E-state index < -0.39 is 0 Å². The van der Waals surface area contributed by atoms with Crippen molar-refractivity contribution in [2.45, 2.75) is 6.54 Å². The van der Waals surface area contributed by atoms with Crippen molar-refractivity contribution in [2.24, 2.45) is 0 Å². The fourth-order valence-corrected chi connectivity index (χ4v) is 2.23. The topological polar surface area (TPSA) is 95.1 Å². The number of benzene rings is 1. The molecular formula is C17H17N5O2. The maximum Gasteiger partial charge on any atom is 0.253 e. The Balaban J connectivity index is 1.68. The zero-order chi connectivity index (χ0) is 16.9. The summed E-state index contributed by atoms with van der Waals surface area (Å²) in [7, 11) is 1.62. The molecule has 3 N–H and O–H groups in total. The number of nitrogens with zero attached hydrogens (tertiary/aromatic N) is 3. The summed E-state index contributed by atoms with van der Waals surface area (Å²) in [5, 5.41) is 7.14. The number of nitrogens with one attached hydrogen (secondary N) is 1. The first-order valence-corrected chi connectivity index (χ1v) is 7.34. The molecule has 7 heteroatoms. The van der Waals surface area contributed by atoms with Gasteiger partial charge >= 0.3 is 0 Å². The number of amides is 1. The summed E-state index contributed by atoms with van der Waals surface area (Å²) in [6.45, 7) is 0.359. The highest BCUT2D eigenvalue weighted by Crippen LogP contribution is 2.21. The maximum absolute atomic E-state index is 12.1. The molecule has 3 aromatic rings. The zero-order valence-corrected chi connectivity index (χ0v) is 13.1. The molecule has 0 radical (unpaired) electrons. The Morgan fingerprint density at radius 2 is 2.08 bits per heavy atom. The molecule has 0 atom stereocenters. The Labute approximate surface area is 139 Å². The van der Waals surface area contributed by atoms with Crippen LogP contribution in [-0.4, -0.2) is 27.8 Å². The molecule has 0 fully saturated rings. The largest absolute Gasteiger partial charge is 0.494 e. The third kappa shape index (κ3) is 3.35. The molecule has 3 rings (SSSR count). The zero-order valence-electron chi connectivity index (χ0n) is 13.1. The van der Waals surface area contributed by atoms with Crippen LogP contribution < -0.4 is 15.8 Å². The Morgan fingerprint density at radius 1 is 1.25 bits per heavy atom. The Kier molecular flexibility index (Phi) is 4.42. The number of nitrogens with two attached hydrogens (primary N) is 1. The molecular weight excluding hydrogens is 306 g/mol. The van der Waals surface area contributed by atoms with Crippen LogP contribution in [0.25, 0.3) is 5.69 Å². The molecule has 0 unspecified atom stereocenters. The molecule has 0 saturated heterocycles. The van der Waals surface area contributed by atoms with Gasteiger partial charge in [0.25, 0.3) is 5.91 Å². The van der Waals surface area contributed by atoms with Crippen molar-refractivity contribution in [3.05, 3.63) is 66.1 Å². The standard InChI is InChI=1S/C17H17N5O2/c1-24-15-5-3-2-4-14(15)22-11-12(9-21-22)8-20-17(23)13-6-7-16(18)19-10-13/h2-7,9-11H,8H2,1H3,(H2,18,19)(H,20,23). The summed E-state index contributed by atoms with van der Waals surface area (Å²) in [5.74, 6) is 0.890. The Hall–Kier alpha value is -3.35. The molecule has 0 spiro atoms. The van der Waals surface area contributed by atoms with Gasteiger partial charge in [-0.2, -0.15) is 5.10 Å². The quantitative estimate of drug-likeness (QED) is 0.746. The number of pyridine rings is 1. The molecule has 122 valence electrons. The molecule has 1 aromatic carbocycles. The molecule has 0 aliphatic rings. The van der Waals surface area contributed by atoms with E-state index in [1.54, 1.807) is 30.1 Å². The summed E-state index contributed by atoms with van der Waals surface area (Å²) in [4.78, 5) is 16.0. The third-order valence-electron chi connectivity index (χ3n) is 3.47. The van der Waals surface area contributed by atoms with Crippen LogP contribution in [0.2, 0.25) is 0 Å². The average Bonchev–Trinajstić information content (AvgIpc) is 3.09.